The number of rotatable bonds is 7. The van der Waals surface area contributed by atoms with Crippen LogP contribution in [0.1, 0.15) is 31.7 Å². The third kappa shape index (κ3) is 4.84. The SMILES string of the molecule is CCCCOc1ccc(CCC[O])cc1. The zero-order chi connectivity index (χ0) is 10.9. The molecule has 0 aliphatic rings. The molecule has 0 heterocycles. The van der Waals surface area contributed by atoms with Crippen LogP contribution in [0, 0.1) is 0 Å². The summed E-state index contributed by atoms with van der Waals surface area (Å²) in [5.74, 6) is 0.925. The quantitative estimate of drug-likeness (QED) is 0.631. The number of hydrogen-bond donors (Lipinski definition) is 0. The molecule has 0 aliphatic carbocycles. The Balaban J connectivity index is 2.35. The average Bonchev–Trinajstić information content (AvgIpc) is 2.28. The van der Waals surface area contributed by atoms with Crippen molar-refractivity contribution in [2.24, 2.45) is 0 Å². The highest BCUT2D eigenvalue weighted by Gasteiger charge is 1.95. The van der Waals surface area contributed by atoms with E-state index in [9.17, 15) is 5.11 Å². The molecule has 0 fully saturated rings. The van der Waals surface area contributed by atoms with E-state index in [0.717, 1.165) is 38.0 Å². The molecule has 0 amide bonds. The molecule has 2 heteroatoms. The third-order valence-corrected chi connectivity index (χ3v) is 2.30. The van der Waals surface area contributed by atoms with Gasteiger partial charge in [-0.1, -0.05) is 25.5 Å². The molecular weight excluding hydrogens is 188 g/mol. The molecule has 0 unspecified atom stereocenters. The molecule has 0 N–H and O–H groups in total. The maximum Gasteiger partial charge on any atom is 0.119 e. The van der Waals surface area contributed by atoms with E-state index in [1.807, 2.05) is 24.3 Å². The largest absolute Gasteiger partial charge is 0.494 e. The topological polar surface area (TPSA) is 29.1 Å². The Bertz CT molecular complexity index is 254. The van der Waals surface area contributed by atoms with Crippen LogP contribution in [0.25, 0.3) is 0 Å². The number of benzene rings is 1. The van der Waals surface area contributed by atoms with Crippen molar-refractivity contribution in [2.75, 3.05) is 13.2 Å². The molecule has 0 saturated carbocycles. The molecule has 2 nitrogen and oxygen atoms in total. The molecule has 0 spiro atoms. The summed E-state index contributed by atoms with van der Waals surface area (Å²) in [6.45, 7) is 2.94. The van der Waals surface area contributed by atoms with Crippen LogP contribution < -0.4 is 4.74 Å². The van der Waals surface area contributed by atoms with Gasteiger partial charge in [-0.05, 0) is 37.0 Å². The molecule has 1 radical (unpaired) electrons. The van der Waals surface area contributed by atoms with E-state index in [-0.39, 0.29) is 6.61 Å². The van der Waals surface area contributed by atoms with Crippen molar-refractivity contribution in [1.29, 1.82) is 0 Å². The van der Waals surface area contributed by atoms with Gasteiger partial charge >= 0.3 is 0 Å². The molecule has 1 aromatic rings. The molecule has 83 valence electrons. The minimum absolute atomic E-state index is 0.00868. The van der Waals surface area contributed by atoms with Gasteiger partial charge in [-0.3, -0.25) is 0 Å². The number of ether oxygens (including phenoxy) is 1. The predicted octanol–water partition coefficient (Wildman–Crippen LogP) is 3.23. The van der Waals surface area contributed by atoms with Gasteiger partial charge in [0, 0.05) is 0 Å². The van der Waals surface area contributed by atoms with Gasteiger partial charge in [0.25, 0.3) is 0 Å². The predicted molar refractivity (Wildman–Crippen MR) is 60.7 cm³/mol. The maximum atomic E-state index is 10.3. The van der Waals surface area contributed by atoms with Crippen molar-refractivity contribution < 1.29 is 9.84 Å². The van der Waals surface area contributed by atoms with Crippen molar-refractivity contribution in [3.05, 3.63) is 29.8 Å². The molecule has 0 atom stereocenters. The van der Waals surface area contributed by atoms with Crippen molar-refractivity contribution in [2.45, 2.75) is 32.6 Å². The average molecular weight is 207 g/mol. The summed E-state index contributed by atoms with van der Waals surface area (Å²) < 4.78 is 5.54. The summed E-state index contributed by atoms with van der Waals surface area (Å²) in [4.78, 5) is 0. The van der Waals surface area contributed by atoms with Crippen LogP contribution in [-0.4, -0.2) is 13.2 Å². The van der Waals surface area contributed by atoms with Crippen molar-refractivity contribution in [1.82, 2.24) is 0 Å². The molecular formula is C13H19O2. The lowest BCUT2D eigenvalue weighted by molar-refractivity contribution is 0.189. The first-order valence-electron chi connectivity index (χ1n) is 5.66. The van der Waals surface area contributed by atoms with Crippen LogP contribution in [0.3, 0.4) is 0 Å². The fraction of sp³-hybridized carbons (Fsp3) is 0.538. The minimum Gasteiger partial charge on any atom is -0.494 e. The summed E-state index contributed by atoms with van der Waals surface area (Å²) in [6, 6.07) is 8.04. The maximum absolute atomic E-state index is 10.3. The second kappa shape index (κ2) is 7.30. The molecule has 0 aromatic heterocycles. The Morgan fingerprint density at radius 2 is 1.87 bits per heavy atom. The van der Waals surface area contributed by atoms with Crippen LogP contribution in [0.5, 0.6) is 5.75 Å². The summed E-state index contributed by atoms with van der Waals surface area (Å²) in [5.41, 5.74) is 1.22. The molecule has 15 heavy (non-hydrogen) atoms. The van der Waals surface area contributed by atoms with Crippen LogP contribution in [-0.2, 0) is 11.5 Å². The second-order valence-corrected chi connectivity index (χ2v) is 3.65. The lowest BCUT2D eigenvalue weighted by Gasteiger charge is -2.06. The summed E-state index contributed by atoms with van der Waals surface area (Å²) in [7, 11) is 0. The van der Waals surface area contributed by atoms with Gasteiger partial charge in [-0.2, -0.15) is 0 Å². The van der Waals surface area contributed by atoms with Gasteiger partial charge in [0.2, 0.25) is 0 Å². The third-order valence-electron chi connectivity index (χ3n) is 2.30. The molecule has 0 aliphatic heterocycles. The summed E-state index contributed by atoms with van der Waals surface area (Å²) >= 11 is 0. The van der Waals surface area contributed by atoms with Crippen LogP contribution in [0.4, 0.5) is 0 Å². The van der Waals surface area contributed by atoms with Crippen molar-refractivity contribution in [3.63, 3.8) is 0 Å². The Labute approximate surface area is 91.9 Å². The fourth-order valence-corrected chi connectivity index (χ4v) is 1.36. The van der Waals surface area contributed by atoms with E-state index in [1.165, 1.54) is 5.56 Å². The van der Waals surface area contributed by atoms with Crippen molar-refractivity contribution >= 4 is 0 Å². The minimum atomic E-state index is 0.00868. The molecule has 0 saturated heterocycles. The van der Waals surface area contributed by atoms with Crippen LogP contribution >= 0.6 is 0 Å². The van der Waals surface area contributed by atoms with Gasteiger partial charge in [-0.15, -0.1) is 0 Å². The zero-order valence-electron chi connectivity index (χ0n) is 9.37. The monoisotopic (exact) mass is 207 g/mol. The zero-order valence-corrected chi connectivity index (χ0v) is 9.37. The lowest BCUT2D eigenvalue weighted by atomic mass is 10.1. The smallest absolute Gasteiger partial charge is 0.119 e. The lowest BCUT2D eigenvalue weighted by Crippen LogP contribution is -1.96. The highest BCUT2D eigenvalue weighted by molar-refractivity contribution is 5.27. The first-order chi connectivity index (χ1) is 7.36. The summed E-state index contributed by atoms with van der Waals surface area (Å²) in [6.07, 6.45) is 3.84. The van der Waals surface area contributed by atoms with E-state index in [4.69, 9.17) is 4.74 Å². The number of aryl methyl sites for hydroxylation is 1. The van der Waals surface area contributed by atoms with E-state index < -0.39 is 0 Å². The molecule has 1 aromatic carbocycles. The first kappa shape index (κ1) is 12.1. The Morgan fingerprint density at radius 3 is 2.47 bits per heavy atom. The van der Waals surface area contributed by atoms with Gasteiger partial charge in [0.15, 0.2) is 0 Å². The van der Waals surface area contributed by atoms with Crippen LogP contribution in [0.2, 0.25) is 0 Å². The van der Waals surface area contributed by atoms with E-state index in [2.05, 4.69) is 6.92 Å². The highest BCUT2D eigenvalue weighted by Crippen LogP contribution is 2.13. The fourth-order valence-electron chi connectivity index (χ4n) is 1.36. The molecule has 0 bridgehead atoms. The van der Waals surface area contributed by atoms with E-state index in [1.54, 1.807) is 0 Å². The summed E-state index contributed by atoms with van der Waals surface area (Å²) in [5, 5.41) is 10.3. The normalized spacial score (nSPS) is 10.3. The van der Waals surface area contributed by atoms with Gasteiger partial charge < -0.3 is 4.74 Å². The highest BCUT2D eigenvalue weighted by atomic mass is 16.5. The second-order valence-electron chi connectivity index (χ2n) is 3.65. The Kier molecular flexibility index (Phi) is 5.86. The number of hydrogen-bond acceptors (Lipinski definition) is 1. The van der Waals surface area contributed by atoms with E-state index >= 15 is 0 Å². The standard InChI is InChI=1S/C13H19O2/c1-2-3-11-15-13-8-6-12(7-9-13)5-4-10-14/h6-9H,2-5,10-11H2,1H3. The Hall–Kier alpha value is -1.02. The van der Waals surface area contributed by atoms with Gasteiger partial charge in [0.1, 0.15) is 5.75 Å². The number of unbranched alkanes of at least 4 members (excludes halogenated alkanes) is 1. The van der Waals surface area contributed by atoms with E-state index in [0.29, 0.717) is 0 Å². The van der Waals surface area contributed by atoms with Gasteiger partial charge in [0.05, 0.1) is 13.2 Å². The van der Waals surface area contributed by atoms with Gasteiger partial charge in [-0.25, -0.2) is 5.11 Å². The van der Waals surface area contributed by atoms with Crippen LogP contribution in [0.15, 0.2) is 24.3 Å². The molecule has 1 rings (SSSR count). The first-order valence-corrected chi connectivity index (χ1v) is 5.66. The Morgan fingerprint density at radius 1 is 1.13 bits per heavy atom. The van der Waals surface area contributed by atoms with Crippen molar-refractivity contribution in [3.8, 4) is 5.75 Å².